The van der Waals surface area contributed by atoms with Crippen molar-refractivity contribution >= 4 is 5.69 Å². The zero-order chi connectivity index (χ0) is 19.3. The number of aromatic nitrogens is 2. The molecule has 5 heteroatoms. The maximum atomic E-state index is 5.49. The van der Waals surface area contributed by atoms with E-state index in [4.69, 9.17) is 4.52 Å². The van der Waals surface area contributed by atoms with Crippen molar-refractivity contribution in [1.82, 2.24) is 15.0 Å². The van der Waals surface area contributed by atoms with Crippen LogP contribution in [-0.2, 0) is 13.1 Å². The highest BCUT2D eigenvalue weighted by Gasteiger charge is 2.16. The molecule has 2 heterocycles. The number of para-hydroxylation sites is 1. The molecule has 0 radical (unpaired) electrons. The number of hydrogen-bond donors (Lipinski definition) is 0. The van der Waals surface area contributed by atoms with E-state index < -0.39 is 0 Å². The van der Waals surface area contributed by atoms with E-state index >= 15 is 0 Å². The van der Waals surface area contributed by atoms with Crippen LogP contribution >= 0.6 is 0 Å². The summed E-state index contributed by atoms with van der Waals surface area (Å²) in [5.41, 5.74) is 4.92. The predicted octanol–water partition coefficient (Wildman–Crippen LogP) is 4.67. The van der Waals surface area contributed by atoms with Gasteiger partial charge in [-0.05, 0) is 44.9 Å². The van der Waals surface area contributed by atoms with Gasteiger partial charge in [0.15, 0.2) is 0 Å². The van der Waals surface area contributed by atoms with Crippen molar-refractivity contribution in [1.29, 1.82) is 0 Å². The predicted molar refractivity (Wildman–Crippen MR) is 112 cm³/mol. The highest BCUT2D eigenvalue weighted by atomic mass is 16.5. The molecule has 1 aliphatic heterocycles. The molecule has 0 aliphatic carbocycles. The summed E-state index contributed by atoms with van der Waals surface area (Å²) in [6, 6.07) is 16.9. The van der Waals surface area contributed by atoms with Crippen molar-refractivity contribution in [2.75, 3.05) is 25.0 Å². The molecule has 0 amide bonds. The molecule has 0 atom stereocenters. The van der Waals surface area contributed by atoms with E-state index in [2.05, 4.69) is 70.3 Å². The largest absolute Gasteiger partial charge is 0.371 e. The molecular weight excluding hydrogens is 348 g/mol. The Morgan fingerprint density at radius 1 is 0.964 bits per heavy atom. The smallest absolute Gasteiger partial charge is 0.241 e. The third kappa shape index (κ3) is 4.42. The van der Waals surface area contributed by atoms with Gasteiger partial charge in [0, 0.05) is 30.9 Å². The van der Waals surface area contributed by atoms with Crippen molar-refractivity contribution in [3.63, 3.8) is 0 Å². The quantitative estimate of drug-likeness (QED) is 0.626. The lowest BCUT2D eigenvalue weighted by Crippen LogP contribution is -2.31. The summed E-state index contributed by atoms with van der Waals surface area (Å²) in [5.74, 6) is 1.30. The molecule has 1 aromatic heterocycles. The van der Waals surface area contributed by atoms with Gasteiger partial charge in [0.2, 0.25) is 11.7 Å². The van der Waals surface area contributed by atoms with E-state index in [1.807, 2.05) is 12.1 Å². The van der Waals surface area contributed by atoms with Crippen LogP contribution in [0.25, 0.3) is 11.4 Å². The second-order valence-corrected chi connectivity index (χ2v) is 7.73. The molecule has 2 aromatic carbocycles. The number of aryl methyl sites for hydroxylation is 1. The van der Waals surface area contributed by atoms with Crippen molar-refractivity contribution in [2.45, 2.75) is 39.3 Å². The second-order valence-electron chi connectivity index (χ2n) is 7.73. The molecule has 1 fully saturated rings. The molecule has 146 valence electrons. The first kappa shape index (κ1) is 18.7. The van der Waals surface area contributed by atoms with Crippen LogP contribution in [0.3, 0.4) is 0 Å². The van der Waals surface area contributed by atoms with Crippen LogP contribution in [0.4, 0.5) is 5.69 Å². The molecule has 5 nitrogen and oxygen atoms in total. The minimum Gasteiger partial charge on any atom is -0.371 e. The zero-order valence-corrected chi connectivity index (χ0v) is 16.8. The highest BCUT2D eigenvalue weighted by molar-refractivity contribution is 5.55. The SMILES string of the molecule is Cc1ccc(-c2noc(CN(C)Cc3ccccc3N3CCCCC3)n2)cc1. The van der Waals surface area contributed by atoms with Crippen molar-refractivity contribution in [3.8, 4) is 11.4 Å². The monoisotopic (exact) mass is 376 g/mol. The maximum Gasteiger partial charge on any atom is 0.241 e. The third-order valence-electron chi connectivity index (χ3n) is 5.31. The number of nitrogens with zero attached hydrogens (tertiary/aromatic N) is 4. The fourth-order valence-electron chi connectivity index (χ4n) is 3.80. The van der Waals surface area contributed by atoms with Crippen molar-refractivity contribution < 1.29 is 4.52 Å². The molecule has 28 heavy (non-hydrogen) atoms. The van der Waals surface area contributed by atoms with Gasteiger partial charge in [0.25, 0.3) is 0 Å². The van der Waals surface area contributed by atoms with Crippen LogP contribution in [0, 0.1) is 6.92 Å². The molecule has 0 saturated carbocycles. The number of rotatable bonds is 6. The number of anilines is 1. The van der Waals surface area contributed by atoms with E-state index in [1.165, 1.54) is 36.1 Å². The third-order valence-corrected chi connectivity index (χ3v) is 5.31. The summed E-state index contributed by atoms with van der Waals surface area (Å²) >= 11 is 0. The van der Waals surface area contributed by atoms with E-state index in [0.717, 1.165) is 25.2 Å². The Morgan fingerprint density at radius 2 is 1.71 bits per heavy atom. The summed E-state index contributed by atoms with van der Waals surface area (Å²) in [6.07, 6.45) is 3.92. The first-order chi connectivity index (χ1) is 13.7. The normalized spacial score (nSPS) is 14.6. The van der Waals surface area contributed by atoms with Gasteiger partial charge in [-0.3, -0.25) is 4.90 Å². The Bertz CT molecular complexity index is 897. The summed E-state index contributed by atoms with van der Waals surface area (Å²) in [7, 11) is 2.10. The highest BCUT2D eigenvalue weighted by Crippen LogP contribution is 2.25. The average molecular weight is 377 g/mol. The van der Waals surface area contributed by atoms with Crippen molar-refractivity contribution in [3.05, 3.63) is 65.5 Å². The Morgan fingerprint density at radius 3 is 2.50 bits per heavy atom. The minimum atomic E-state index is 0.632. The molecule has 1 saturated heterocycles. The molecular formula is C23H28N4O. The fourth-order valence-corrected chi connectivity index (χ4v) is 3.80. The average Bonchev–Trinajstić information content (AvgIpc) is 3.18. The summed E-state index contributed by atoms with van der Waals surface area (Å²) in [4.78, 5) is 9.33. The first-order valence-corrected chi connectivity index (χ1v) is 10.1. The van der Waals surface area contributed by atoms with E-state index in [9.17, 15) is 0 Å². The molecule has 4 rings (SSSR count). The van der Waals surface area contributed by atoms with Crippen LogP contribution in [0.5, 0.6) is 0 Å². The van der Waals surface area contributed by atoms with E-state index in [1.54, 1.807) is 0 Å². The van der Waals surface area contributed by atoms with E-state index in [0.29, 0.717) is 18.3 Å². The molecule has 3 aromatic rings. The van der Waals surface area contributed by atoms with Gasteiger partial charge in [-0.1, -0.05) is 53.2 Å². The van der Waals surface area contributed by atoms with Gasteiger partial charge in [-0.25, -0.2) is 0 Å². The van der Waals surface area contributed by atoms with Crippen LogP contribution in [-0.4, -0.2) is 35.2 Å². The van der Waals surface area contributed by atoms with Gasteiger partial charge < -0.3 is 9.42 Å². The van der Waals surface area contributed by atoms with Gasteiger partial charge in [0.05, 0.1) is 6.54 Å². The maximum absolute atomic E-state index is 5.49. The van der Waals surface area contributed by atoms with Crippen LogP contribution in [0.15, 0.2) is 53.1 Å². The number of hydrogen-bond acceptors (Lipinski definition) is 5. The molecule has 1 aliphatic rings. The lowest BCUT2D eigenvalue weighted by atomic mass is 10.1. The van der Waals surface area contributed by atoms with Crippen LogP contribution in [0.1, 0.15) is 36.3 Å². The van der Waals surface area contributed by atoms with Gasteiger partial charge in [-0.15, -0.1) is 0 Å². The number of piperidine rings is 1. The van der Waals surface area contributed by atoms with Gasteiger partial charge >= 0.3 is 0 Å². The van der Waals surface area contributed by atoms with Crippen molar-refractivity contribution in [2.24, 2.45) is 0 Å². The van der Waals surface area contributed by atoms with Gasteiger partial charge in [-0.2, -0.15) is 4.98 Å². The summed E-state index contributed by atoms with van der Waals surface area (Å²) < 4.78 is 5.49. The van der Waals surface area contributed by atoms with E-state index in [-0.39, 0.29) is 0 Å². The lowest BCUT2D eigenvalue weighted by Gasteiger charge is -2.31. The topological polar surface area (TPSA) is 45.4 Å². The van der Waals surface area contributed by atoms with Crippen LogP contribution in [0.2, 0.25) is 0 Å². The first-order valence-electron chi connectivity index (χ1n) is 10.1. The van der Waals surface area contributed by atoms with Crippen LogP contribution < -0.4 is 4.90 Å². The standard InChI is InChI=1S/C23H28N4O/c1-18-10-12-19(13-11-18)23-24-22(28-25-23)17-26(2)16-20-8-4-5-9-21(20)27-14-6-3-7-15-27/h4-5,8-13H,3,6-7,14-17H2,1-2H3. The molecule has 0 unspecified atom stereocenters. The molecule has 0 N–H and O–H groups in total. The fraction of sp³-hybridized carbons (Fsp3) is 0.391. The second kappa shape index (κ2) is 8.57. The van der Waals surface area contributed by atoms with Gasteiger partial charge in [0.1, 0.15) is 0 Å². The number of benzene rings is 2. The Labute approximate surface area is 167 Å². The summed E-state index contributed by atoms with van der Waals surface area (Å²) in [5, 5.41) is 4.15. The Hall–Kier alpha value is -2.66. The zero-order valence-electron chi connectivity index (χ0n) is 16.8. The molecule has 0 bridgehead atoms. The Kier molecular flexibility index (Phi) is 5.72. The summed E-state index contributed by atoms with van der Waals surface area (Å²) in [6.45, 7) is 5.87. The lowest BCUT2D eigenvalue weighted by molar-refractivity contribution is 0.261. The molecule has 0 spiro atoms. The Balaban J connectivity index is 1.42. The minimum absolute atomic E-state index is 0.632.